The van der Waals surface area contributed by atoms with E-state index in [0.717, 1.165) is 29.7 Å². The van der Waals surface area contributed by atoms with Crippen LogP contribution in [-0.4, -0.2) is 22.5 Å². The van der Waals surface area contributed by atoms with Crippen LogP contribution in [-0.2, 0) is 17.6 Å². The Kier molecular flexibility index (Phi) is 6.14. The van der Waals surface area contributed by atoms with E-state index in [1.807, 2.05) is 18.2 Å². The van der Waals surface area contributed by atoms with E-state index in [9.17, 15) is 4.79 Å². The first-order valence-electron chi connectivity index (χ1n) is 8.66. The Morgan fingerprint density at radius 1 is 1.11 bits per heavy atom. The molecular formula is C20H19Cl2N3O2. The molecule has 1 N–H and O–H groups in total. The second-order valence-corrected chi connectivity index (χ2v) is 6.80. The predicted molar refractivity (Wildman–Crippen MR) is 109 cm³/mol. The van der Waals surface area contributed by atoms with Gasteiger partial charge in [0.1, 0.15) is 6.33 Å². The third kappa shape index (κ3) is 4.31. The summed E-state index contributed by atoms with van der Waals surface area (Å²) < 4.78 is 5.63. The fourth-order valence-electron chi connectivity index (χ4n) is 2.90. The molecule has 3 aromatic rings. The fraction of sp³-hybridized carbons (Fsp3) is 0.250. The summed E-state index contributed by atoms with van der Waals surface area (Å²) in [7, 11) is 0. The molecule has 0 unspecified atom stereocenters. The molecule has 1 amide bonds. The van der Waals surface area contributed by atoms with Gasteiger partial charge in [0.25, 0.3) is 5.91 Å². The number of nitrogens with zero attached hydrogens (tertiary/aromatic N) is 2. The minimum Gasteiger partial charge on any atom is -0.467 e. The molecule has 0 atom stereocenters. The molecule has 2 aromatic carbocycles. The smallest absolute Gasteiger partial charge is 0.262 e. The van der Waals surface area contributed by atoms with Crippen molar-refractivity contribution in [3.63, 3.8) is 0 Å². The first kappa shape index (κ1) is 19.4. The average molecular weight is 404 g/mol. The van der Waals surface area contributed by atoms with Gasteiger partial charge in [-0.3, -0.25) is 4.79 Å². The molecular weight excluding hydrogens is 385 g/mol. The van der Waals surface area contributed by atoms with Crippen molar-refractivity contribution in [2.45, 2.75) is 26.7 Å². The number of aryl methyl sites for hydroxylation is 2. The molecule has 27 heavy (non-hydrogen) atoms. The quantitative estimate of drug-likeness (QED) is 0.623. The number of benzene rings is 2. The second-order valence-electron chi connectivity index (χ2n) is 5.96. The molecule has 7 heteroatoms. The Morgan fingerprint density at radius 3 is 2.48 bits per heavy atom. The normalized spacial score (nSPS) is 10.8. The van der Waals surface area contributed by atoms with E-state index in [0.29, 0.717) is 20.9 Å². The second kappa shape index (κ2) is 8.55. The largest absolute Gasteiger partial charge is 0.467 e. The van der Waals surface area contributed by atoms with E-state index in [1.165, 1.54) is 6.33 Å². The average Bonchev–Trinajstić information content (AvgIpc) is 2.66. The molecule has 0 bridgehead atoms. The van der Waals surface area contributed by atoms with Crippen LogP contribution in [0.15, 0.2) is 36.7 Å². The van der Waals surface area contributed by atoms with E-state index in [4.69, 9.17) is 27.9 Å². The monoisotopic (exact) mass is 403 g/mol. The Labute approximate surface area is 167 Å². The number of amides is 1. The van der Waals surface area contributed by atoms with Crippen molar-refractivity contribution in [1.29, 1.82) is 0 Å². The molecule has 5 nitrogen and oxygen atoms in total. The lowest BCUT2D eigenvalue weighted by molar-refractivity contribution is -0.118. The zero-order valence-electron chi connectivity index (χ0n) is 15.1. The summed E-state index contributed by atoms with van der Waals surface area (Å²) in [5, 5.41) is 4.37. The Bertz CT molecular complexity index is 970. The van der Waals surface area contributed by atoms with E-state index < -0.39 is 0 Å². The molecule has 0 aliphatic carbocycles. The topological polar surface area (TPSA) is 64.1 Å². The standard InChI is InChI=1S/C20H19Cl2N3O2/c1-3-12-6-5-7-13(4-2)18(12)25-17(26)10-27-20-15-8-14(21)9-16(22)19(15)23-11-24-20/h5-9,11H,3-4,10H2,1-2H3,(H,25,26). The summed E-state index contributed by atoms with van der Waals surface area (Å²) in [6, 6.07) is 9.29. The van der Waals surface area contributed by atoms with Crippen LogP contribution in [0.5, 0.6) is 5.88 Å². The third-order valence-electron chi connectivity index (χ3n) is 4.22. The van der Waals surface area contributed by atoms with Crippen LogP contribution >= 0.6 is 23.2 Å². The van der Waals surface area contributed by atoms with Gasteiger partial charge in [0.05, 0.1) is 15.9 Å². The van der Waals surface area contributed by atoms with Gasteiger partial charge in [0.15, 0.2) is 6.61 Å². The lowest BCUT2D eigenvalue weighted by Gasteiger charge is -2.15. The number of aromatic nitrogens is 2. The number of carbonyl (C=O) groups excluding carboxylic acids is 1. The molecule has 0 saturated carbocycles. The van der Waals surface area contributed by atoms with Crippen LogP contribution in [0.25, 0.3) is 10.9 Å². The molecule has 0 aliphatic heterocycles. The van der Waals surface area contributed by atoms with Gasteiger partial charge in [-0.1, -0.05) is 55.2 Å². The van der Waals surface area contributed by atoms with Gasteiger partial charge in [-0.05, 0) is 36.1 Å². The maximum Gasteiger partial charge on any atom is 0.262 e. The highest BCUT2D eigenvalue weighted by Gasteiger charge is 2.13. The highest BCUT2D eigenvalue weighted by molar-refractivity contribution is 6.38. The van der Waals surface area contributed by atoms with Crippen molar-refractivity contribution in [2.24, 2.45) is 0 Å². The van der Waals surface area contributed by atoms with E-state index >= 15 is 0 Å². The maximum atomic E-state index is 12.5. The molecule has 0 saturated heterocycles. The SMILES string of the molecule is CCc1cccc(CC)c1NC(=O)COc1ncnc2c(Cl)cc(Cl)cc12. The van der Waals surface area contributed by atoms with Gasteiger partial charge in [-0.2, -0.15) is 0 Å². The van der Waals surface area contributed by atoms with Gasteiger partial charge in [0, 0.05) is 10.7 Å². The maximum absolute atomic E-state index is 12.5. The summed E-state index contributed by atoms with van der Waals surface area (Å²) in [5.41, 5.74) is 3.56. The molecule has 1 aromatic heterocycles. The minimum atomic E-state index is -0.259. The van der Waals surface area contributed by atoms with Crippen LogP contribution in [0.2, 0.25) is 10.0 Å². The minimum absolute atomic E-state index is 0.183. The molecule has 0 aliphatic rings. The van der Waals surface area contributed by atoms with Crippen LogP contribution in [0, 0.1) is 0 Å². The first-order chi connectivity index (χ1) is 13.0. The zero-order chi connectivity index (χ0) is 19.4. The van der Waals surface area contributed by atoms with Crippen molar-refractivity contribution in [3.05, 3.63) is 57.8 Å². The number of carbonyl (C=O) groups is 1. The number of rotatable bonds is 6. The van der Waals surface area contributed by atoms with Crippen molar-refractivity contribution < 1.29 is 9.53 Å². The lowest BCUT2D eigenvalue weighted by atomic mass is 10.0. The Balaban J connectivity index is 1.79. The van der Waals surface area contributed by atoms with Crippen molar-refractivity contribution in [1.82, 2.24) is 9.97 Å². The molecule has 140 valence electrons. The lowest BCUT2D eigenvalue weighted by Crippen LogP contribution is -2.22. The first-order valence-corrected chi connectivity index (χ1v) is 9.42. The fourth-order valence-corrected chi connectivity index (χ4v) is 3.44. The number of para-hydroxylation sites is 1. The van der Waals surface area contributed by atoms with Crippen LogP contribution in [0.4, 0.5) is 5.69 Å². The number of anilines is 1. The molecule has 1 heterocycles. The number of hydrogen-bond acceptors (Lipinski definition) is 4. The highest BCUT2D eigenvalue weighted by Crippen LogP contribution is 2.30. The number of fused-ring (bicyclic) bond motifs is 1. The summed E-state index contributed by atoms with van der Waals surface area (Å²) in [6.07, 6.45) is 3.01. The van der Waals surface area contributed by atoms with Crippen molar-refractivity contribution in [3.8, 4) is 5.88 Å². The van der Waals surface area contributed by atoms with E-state index in [1.54, 1.807) is 12.1 Å². The van der Waals surface area contributed by atoms with Crippen LogP contribution in [0.1, 0.15) is 25.0 Å². The summed E-state index contributed by atoms with van der Waals surface area (Å²) in [4.78, 5) is 20.7. The van der Waals surface area contributed by atoms with E-state index in [2.05, 4.69) is 29.1 Å². The van der Waals surface area contributed by atoms with Crippen LogP contribution in [0.3, 0.4) is 0 Å². The molecule has 0 fully saturated rings. The zero-order valence-corrected chi connectivity index (χ0v) is 16.6. The summed E-state index contributed by atoms with van der Waals surface area (Å²) in [6.45, 7) is 3.93. The van der Waals surface area contributed by atoms with Gasteiger partial charge in [0.2, 0.25) is 5.88 Å². The van der Waals surface area contributed by atoms with E-state index in [-0.39, 0.29) is 18.4 Å². The van der Waals surface area contributed by atoms with Gasteiger partial charge < -0.3 is 10.1 Å². The number of ether oxygens (including phenoxy) is 1. The highest BCUT2D eigenvalue weighted by atomic mass is 35.5. The summed E-state index contributed by atoms with van der Waals surface area (Å²) >= 11 is 12.2. The molecule has 3 rings (SSSR count). The Morgan fingerprint density at radius 2 is 1.81 bits per heavy atom. The van der Waals surface area contributed by atoms with Crippen molar-refractivity contribution >= 4 is 45.7 Å². The van der Waals surface area contributed by atoms with Gasteiger partial charge in [-0.25, -0.2) is 9.97 Å². The number of hydrogen-bond donors (Lipinski definition) is 1. The van der Waals surface area contributed by atoms with Gasteiger partial charge >= 0.3 is 0 Å². The predicted octanol–water partition coefficient (Wildman–Crippen LogP) is 5.08. The van der Waals surface area contributed by atoms with Gasteiger partial charge in [-0.15, -0.1) is 0 Å². The molecule has 0 radical (unpaired) electrons. The van der Waals surface area contributed by atoms with Crippen LogP contribution < -0.4 is 10.1 Å². The molecule has 0 spiro atoms. The third-order valence-corrected chi connectivity index (χ3v) is 4.73. The van der Waals surface area contributed by atoms with Crippen molar-refractivity contribution in [2.75, 3.05) is 11.9 Å². The summed E-state index contributed by atoms with van der Waals surface area (Å²) in [5.74, 6) is 0.00419. The number of nitrogens with one attached hydrogen (secondary N) is 1. The Hall–Kier alpha value is -2.37. The number of halogens is 2.